The molecule has 0 aromatic carbocycles. The summed E-state index contributed by atoms with van der Waals surface area (Å²) in [7, 11) is 0. The Morgan fingerprint density at radius 1 is 1.53 bits per heavy atom. The molecule has 1 fully saturated rings. The number of nitrogens with zero attached hydrogens (tertiary/aromatic N) is 1. The molecule has 1 aromatic rings. The molecule has 2 nitrogen and oxygen atoms in total. The number of rotatable bonds is 1. The third-order valence-corrected chi connectivity index (χ3v) is 5.34. The molecule has 15 heavy (non-hydrogen) atoms. The molecule has 1 aliphatic rings. The topological polar surface area (TPSA) is 33.1 Å². The van der Waals surface area contributed by atoms with Crippen molar-refractivity contribution in [1.29, 1.82) is 0 Å². The van der Waals surface area contributed by atoms with Gasteiger partial charge in [0.15, 0.2) is 0 Å². The van der Waals surface area contributed by atoms with E-state index in [0.717, 1.165) is 22.3 Å². The van der Waals surface area contributed by atoms with Crippen LogP contribution in [0.4, 0.5) is 0 Å². The van der Waals surface area contributed by atoms with Gasteiger partial charge >= 0.3 is 0 Å². The van der Waals surface area contributed by atoms with Gasteiger partial charge in [0.2, 0.25) is 0 Å². The summed E-state index contributed by atoms with van der Waals surface area (Å²) in [6.45, 7) is 4.35. The maximum absolute atomic E-state index is 10.8. The minimum absolute atomic E-state index is 0.324. The van der Waals surface area contributed by atoms with Crippen LogP contribution in [0.25, 0.3) is 0 Å². The molecule has 2 rings (SSSR count). The summed E-state index contributed by atoms with van der Waals surface area (Å²) in [6.07, 6.45) is 3.18. The van der Waals surface area contributed by atoms with E-state index < -0.39 is 5.60 Å². The van der Waals surface area contributed by atoms with Crippen LogP contribution < -0.4 is 0 Å². The molecule has 0 spiro atoms. The van der Waals surface area contributed by atoms with Crippen LogP contribution in [-0.2, 0) is 5.60 Å². The molecule has 84 valence electrons. The highest BCUT2D eigenvalue weighted by molar-refractivity contribution is 9.10. The second kappa shape index (κ2) is 4.15. The van der Waals surface area contributed by atoms with E-state index in [0.29, 0.717) is 11.8 Å². The van der Waals surface area contributed by atoms with Crippen molar-refractivity contribution in [3.63, 3.8) is 0 Å². The van der Waals surface area contributed by atoms with Crippen LogP contribution >= 0.6 is 27.3 Å². The van der Waals surface area contributed by atoms with Gasteiger partial charge in [-0.3, -0.25) is 0 Å². The van der Waals surface area contributed by atoms with Gasteiger partial charge in [-0.1, -0.05) is 20.3 Å². The van der Waals surface area contributed by atoms with E-state index in [4.69, 9.17) is 0 Å². The number of hydrogen-bond donors (Lipinski definition) is 1. The summed E-state index contributed by atoms with van der Waals surface area (Å²) in [5.41, 5.74) is 1.13. The second-order valence-corrected chi connectivity index (χ2v) is 6.29. The first kappa shape index (κ1) is 11.6. The molecule has 3 atom stereocenters. The van der Waals surface area contributed by atoms with E-state index in [9.17, 15) is 5.11 Å². The number of aromatic nitrogens is 1. The van der Waals surface area contributed by atoms with Gasteiger partial charge in [-0.2, -0.15) is 0 Å². The van der Waals surface area contributed by atoms with Crippen LogP contribution in [0, 0.1) is 11.8 Å². The molecule has 1 heterocycles. The van der Waals surface area contributed by atoms with Crippen molar-refractivity contribution in [2.75, 3.05) is 0 Å². The Morgan fingerprint density at radius 2 is 2.27 bits per heavy atom. The minimum atomic E-state index is -0.669. The van der Waals surface area contributed by atoms with Gasteiger partial charge in [0.1, 0.15) is 10.2 Å². The number of thiazole rings is 1. The molecule has 1 N–H and O–H groups in total. The van der Waals surface area contributed by atoms with Crippen LogP contribution in [0.1, 0.15) is 38.0 Å². The number of hydrogen-bond acceptors (Lipinski definition) is 3. The van der Waals surface area contributed by atoms with E-state index in [2.05, 4.69) is 34.8 Å². The Bertz CT molecular complexity index is 354. The van der Waals surface area contributed by atoms with Crippen molar-refractivity contribution in [1.82, 2.24) is 4.98 Å². The zero-order valence-corrected chi connectivity index (χ0v) is 11.4. The highest BCUT2D eigenvalue weighted by Crippen LogP contribution is 2.47. The summed E-state index contributed by atoms with van der Waals surface area (Å²) in [6, 6.07) is 0. The fourth-order valence-corrected chi connectivity index (χ4v) is 4.20. The molecular weight excluding hydrogens is 274 g/mol. The van der Waals surface area contributed by atoms with Gasteiger partial charge in [0.25, 0.3) is 0 Å². The molecule has 3 unspecified atom stereocenters. The fourth-order valence-electron chi connectivity index (χ4n) is 2.44. The van der Waals surface area contributed by atoms with Crippen LogP contribution in [0.2, 0.25) is 0 Å². The lowest BCUT2D eigenvalue weighted by atomic mass is 9.71. The van der Waals surface area contributed by atoms with Crippen molar-refractivity contribution in [2.24, 2.45) is 11.8 Å². The van der Waals surface area contributed by atoms with E-state index in [1.165, 1.54) is 6.42 Å². The third kappa shape index (κ3) is 1.99. The molecule has 1 saturated carbocycles. The molecule has 0 bridgehead atoms. The second-order valence-electron chi connectivity index (χ2n) is 4.68. The van der Waals surface area contributed by atoms with Gasteiger partial charge < -0.3 is 5.11 Å². The van der Waals surface area contributed by atoms with Gasteiger partial charge in [-0.15, -0.1) is 11.3 Å². The molecule has 0 radical (unpaired) electrons. The van der Waals surface area contributed by atoms with E-state index in [1.807, 2.05) is 0 Å². The molecule has 1 aromatic heterocycles. The normalized spacial score (nSPS) is 36.8. The Morgan fingerprint density at radius 3 is 2.87 bits per heavy atom. The Kier molecular flexibility index (Phi) is 3.20. The van der Waals surface area contributed by atoms with Gasteiger partial charge in [-0.25, -0.2) is 4.98 Å². The SMILES string of the molecule is CC1CCC(C)C(O)(c2scnc2Br)C1. The van der Waals surface area contributed by atoms with Crippen molar-refractivity contribution in [2.45, 2.75) is 38.7 Å². The quantitative estimate of drug-likeness (QED) is 0.858. The van der Waals surface area contributed by atoms with Crippen molar-refractivity contribution >= 4 is 27.3 Å². The predicted molar refractivity (Wildman–Crippen MR) is 65.9 cm³/mol. The average Bonchev–Trinajstić information content (AvgIpc) is 2.59. The summed E-state index contributed by atoms with van der Waals surface area (Å²) < 4.78 is 0.816. The molecule has 4 heteroatoms. The van der Waals surface area contributed by atoms with E-state index in [1.54, 1.807) is 16.8 Å². The summed E-state index contributed by atoms with van der Waals surface area (Å²) in [5, 5.41) is 10.8. The van der Waals surface area contributed by atoms with E-state index >= 15 is 0 Å². The van der Waals surface area contributed by atoms with Gasteiger partial charge in [0.05, 0.1) is 10.4 Å². The van der Waals surface area contributed by atoms with Crippen LogP contribution in [-0.4, -0.2) is 10.1 Å². The molecular formula is C11H16BrNOS. The van der Waals surface area contributed by atoms with Crippen LogP contribution in [0.3, 0.4) is 0 Å². The van der Waals surface area contributed by atoms with Crippen LogP contribution in [0.5, 0.6) is 0 Å². The molecule has 0 aliphatic heterocycles. The lowest BCUT2D eigenvalue weighted by Gasteiger charge is -2.40. The van der Waals surface area contributed by atoms with Crippen molar-refractivity contribution in [3.05, 3.63) is 15.0 Å². The Labute approximate surface area is 103 Å². The summed E-state index contributed by atoms with van der Waals surface area (Å²) >= 11 is 4.98. The minimum Gasteiger partial charge on any atom is -0.384 e. The third-order valence-electron chi connectivity index (χ3n) is 3.48. The largest absolute Gasteiger partial charge is 0.384 e. The smallest absolute Gasteiger partial charge is 0.123 e. The fraction of sp³-hybridized carbons (Fsp3) is 0.727. The first-order valence-corrected chi connectivity index (χ1v) is 7.03. The molecule has 0 amide bonds. The number of halogens is 1. The standard InChI is InChI=1S/C11H16BrNOS/c1-7-3-4-8(2)11(14,5-7)9-10(12)13-6-15-9/h6-8,14H,3-5H2,1-2H3. The molecule has 1 aliphatic carbocycles. The van der Waals surface area contributed by atoms with Crippen molar-refractivity contribution < 1.29 is 5.11 Å². The lowest BCUT2D eigenvalue weighted by Crippen LogP contribution is -2.38. The number of aliphatic hydroxyl groups is 1. The zero-order chi connectivity index (χ0) is 11.1. The van der Waals surface area contributed by atoms with Crippen molar-refractivity contribution in [3.8, 4) is 0 Å². The monoisotopic (exact) mass is 289 g/mol. The first-order valence-electron chi connectivity index (χ1n) is 5.36. The Balaban J connectivity index is 2.35. The Hall–Kier alpha value is 0.0700. The predicted octanol–water partition coefficient (Wildman–Crippen LogP) is 3.55. The highest BCUT2D eigenvalue weighted by Gasteiger charge is 2.42. The maximum Gasteiger partial charge on any atom is 0.123 e. The van der Waals surface area contributed by atoms with Gasteiger partial charge in [0, 0.05) is 0 Å². The first-order chi connectivity index (χ1) is 7.04. The zero-order valence-electron chi connectivity index (χ0n) is 9.03. The summed E-state index contributed by atoms with van der Waals surface area (Å²) in [4.78, 5) is 5.17. The lowest BCUT2D eigenvalue weighted by molar-refractivity contribution is -0.0604. The average molecular weight is 290 g/mol. The van der Waals surface area contributed by atoms with E-state index in [-0.39, 0.29) is 0 Å². The maximum atomic E-state index is 10.8. The van der Waals surface area contributed by atoms with Gasteiger partial charge in [-0.05, 0) is 40.6 Å². The molecule has 0 saturated heterocycles. The summed E-state index contributed by atoms with van der Waals surface area (Å²) in [5.74, 6) is 0.922. The highest BCUT2D eigenvalue weighted by atomic mass is 79.9. The van der Waals surface area contributed by atoms with Crippen LogP contribution in [0.15, 0.2) is 10.1 Å².